The quantitative estimate of drug-likeness (QED) is 0.291. The van der Waals surface area contributed by atoms with Crippen molar-refractivity contribution in [1.82, 2.24) is 15.2 Å². The molecule has 0 atom stereocenters. The Morgan fingerprint density at radius 2 is 2.00 bits per heavy atom. The lowest BCUT2D eigenvalue weighted by molar-refractivity contribution is 0.270. The van der Waals surface area contributed by atoms with Crippen LogP contribution in [0.3, 0.4) is 0 Å². The van der Waals surface area contributed by atoms with Gasteiger partial charge in [-0.1, -0.05) is 26.3 Å². The molecule has 1 aromatic heterocycles. The third-order valence-electron chi connectivity index (χ3n) is 4.22. The van der Waals surface area contributed by atoms with Crippen molar-refractivity contribution >= 4 is 35.8 Å². The Kier molecular flexibility index (Phi) is 10.0. The largest absolute Gasteiger partial charge is 0.370 e. The van der Waals surface area contributed by atoms with Gasteiger partial charge in [-0.25, -0.2) is 9.98 Å². The molecule has 0 aliphatic carbocycles. The van der Waals surface area contributed by atoms with Crippen molar-refractivity contribution in [1.29, 1.82) is 0 Å². The lowest BCUT2D eigenvalue weighted by Gasteiger charge is -2.34. The zero-order chi connectivity index (χ0) is 16.5. The molecule has 0 unspecified atom stereocenters. The van der Waals surface area contributed by atoms with Gasteiger partial charge in [-0.15, -0.1) is 24.0 Å². The van der Waals surface area contributed by atoms with Gasteiger partial charge in [0.25, 0.3) is 0 Å². The Hall–Kier alpha value is -1.09. The monoisotopic (exact) mass is 446 g/mol. The predicted molar refractivity (Wildman–Crippen MR) is 112 cm³/mol. The Labute approximate surface area is 162 Å². The van der Waals surface area contributed by atoms with Crippen LogP contribution in [-0.2, 0) is 6.54 Å². The maximum atomic E-state index is 5.84. The average Bonchev–Trinajstić information content (AvgIpc) is 2.61. The molecule has 0 radical (unpaired) electrons. The van der Waals surface area contributed by atoms with Crippen molar-refractivity contribution < 1.29 is 0 Å². The Balaban J connectivity index is 0.00000288. The summed E-state index contributed by atoms with van der Waals surface area (Å²) in [7, 11) is 0. The van der Waals surface area contributed by atoms with Crippen LogP contribution in [0.1, 0.15) is 32.3 Å². The van der Waals surface area contributed by atoms with E-state index in [-0.39, 0.29) is 24.0 Å². The standard InChI is InChI=1S/C17H30N6.HI/c1-3-5-8-19-17(18)21-14-15-6-7-16(20-13-15)23-11-9-22(4-2)10-12-23;/h6-7,13H,3-5,8-12,14H2,1-2H3,(H3,18,19,21);1H. The summed E-state index contributed by atoms with van der Waals surface area (Å²) in [4.78, 5) is 13.7. The Morgan fingerprint density at radius 3 is 2.58 bits per heavy atom. The summed E-state index contributed by atoms with van der Waals surface area (Å²) >= 11 is 0. The summed E-state index contributed by atoms with van der Waals surface area (Å²) in [5, 5.41) is 3.12. The summed E-state index contributed by atoms with van der Waals surface area (Å²) in [6, 6.07) is 4.19. The highest BCUT2D eigenvalue weighted by molar-refractivity contribution is 14.0. The maximum Gasteiger partial charge on any atom is 0.188 e. The van der Waals surface area contributed by atoms with E-state index in [9.17, 15) is 0 Å². The third kappa shape index (κ3) is 6.80. The SMILES string of the molecule is CCCCNC(N)=NCc1ccc(N2CCN(CC)CC2)nc1.I. The number of nitrogens with one attached hydrogen (secondary N) is 1. The van der Waals surface area contributed by atoms with Crippen molar-refractivity contribution in [2.24, 2.45) is 10.7 Å². The fraction of sp³-hybridized carbons (Fsp3) is 0.647. The molecule has 6 nitrogen and oxygen atoms in total. The molecule has 0 amide bonds. The van der Waals surface area contributed by atoms with Gasteiger partial charge < -0.3 is 20.9 Å². The highest BCUT2D eigenvalue weighted by Gasteiger charge is 2.16. The first kappa shape index (κ1) is 21.0. The topological polar surface area (TPSA) is 69.8 Å². The number of pyridine rings is 1. The van der Waals surface area contributed by atoms with Gasteiger partial charge in [-0.05, 0) is 24.6 Å². The van der Waals surface area contributed by atoms with Gasteiger partial charge in [0.15, 0.2) is 5.96 Å². The number of hydrogen-bond acceptors (Lipinski definition) is 4. The van der Waals surface area contributed by atoms with Gasteiger partial charge in [0.1, 0.15) is 5.82 Å². The lowest BCUT2D eigenvalue weighted by Crippen LogP contribution is -2.46. The van der Waals surface area contributed by atoms with Gasteiger partial charge in [0.2, 0.25) is 0 Å². The van der Waals surface area contributed by atoms with E-state index in [1.54, 1.807) is 0 Å². The summed E-state index contributed by atoms with van der Waals surface area (Å²) < 4.78 is 0. The first-order valence-electron chi connectivity index (χ1n) is 8.69. The van der Waals surface area contributed by atoms with Gasteiger partial charge in [-0.2, -0.15) is 0 Å². The summed E-state index contributed by atoms with van der Waals surface area (Å²) in [6.07, 6.45) is 4.17. The minimum Gasteiger partial charge on any atom is -0.370 e. The second-order valence-corrected chi connectivity index (χ2v) is 5.93. The predicted octanol–water partition coefficient (Wildman–Crippen LogP) is 2.05. The van der Waals surface area contributed by atoms with E-state index in [1.165, 1.54) is 0 Å². The molecular weight excluding hydrogens is 415 g/mol. The molecule has 1 fully saturated rings. The van der Waals surface area contributed by atoms with Gasteiger partial charge >= 0.3 is 0 Å². The van der Waals surface area contributed by atoms with Crippen LogP contribution in [0.4, 0.5) is 5.82 Å². The van der Waals surface area contributed by atoms with Crippen molar-refractivity contribution in [3.8, 4) is 0 Å². The first-order chi connectivity index (χ1) is 11.2. The van der Waals surface area contributed by atoms with Crippen molar-refractivity contribution in [3.05, 3.63) is 23.9 Å². The number of nitrogens with two attached hydrogens (primary N) is 1. The highest BCUT2D eigenvalue weighted by atomic mass is 127. The Morgan fingerprint density at radius 1 is 1.25 bits per heavy atom. The number of likely N-dealkylation sites (N-methyl/N-ethyl adjacent to an activating group) is 1. The molecule has 0 aromatic carbocycles. The minimum atomic E-state index is 0. The number of anilines is 1. The highest BCUT2D eigenvalue weighted by Crippen LogP contribution is 2.14. The second-order valence-electron chi connectivity index (χ2n) is 5.93. The van der Waals surface area contributed by atoms with E-state index in [2.05, 4.69) is 51.1 Å². The van der Waals surface area contributed by atoms with Crippen LogP contribution in [0.5, 0.6) is 0 Å². The lowest BCUT2D eigenvalue weighted by atomic mass is 10.2. The molecule has 1 aromatic rings. The number of unbranched alkanes of at least 4 members (excludes halogenated alkanes) is 1. The number of piperazine rings is 1. The van der Waals surface area contributed by atoms with Gasteiger partial charge in [0.05, 0.1) is 6.54 Å². The molecule has 1 aliphatic heterocycles. The minimum absolute atomic E-state index is 0. The number of nitrogens with zero attached hydrogens (tertiary/aromatic N) is 4. The molecule has 3 N–H and O–H groups in total. The molecule has 0 bridgehead atoms. The van der Waals surface area contributed by atoms with Crippen LogP contribution in [0.2, 0.25) is 0 Å². The number of aliphatic imine (C=N–C) groups is 1. The number of guanidine groups is 1. The molecule has 0 spiro atoms. The van der Waals surface area contributed by atoms with Gasteiger partial charge in [-0.3, -0.25) is 0 Å². The average molecular weight is 446 g/mol. The molecule has 136 valence electrons. The molecule has 0 saturated carbocycles. The number of rotatable bonds is 7. The van der Waals surface area contributed by atoms with E-state index >= 15 is 0 Å². The van der Waals surface area contributed by atoms with Crippen molar-refractivity contribution in [3.63, 3.8) is 0 Å². The zero-order valence-corrected chi connectivity index (χ0v) is 17.2. The molecule has 1 saturated heterocycles. The summed E-state index contributed by atoms with van der Waals surface area (Å²) in [6.45, 7) is 11.3. The smallest absolute Gasteiger partial charge is 0.188 e. The Bertz CT molecular complexity index is 482. The summed E-state index contributed by atoms with van der Waals surface area (Å²) in [5.41, 5.74) is 6.93. The van der Waals surface area contributed by atoms with E-state index in [4.69, 9.17) is 5.73 Å². The molecule has 1 aliphatic rings. The second kappa shape index (κ2) is 11.5. The molecular formula is C17H31IN6. The molecule has 24 heavy (non-hydrogen) atoms. The third-order valence-corrected chi connectivity index (χ3v) is 4.22. The number of aromatic nitrogens is 1. The van der Waals surface area contributed by atoms with Crippen LogP contribution in [0.25, 0.3) is 0 Å². The van der Waals surface area contributed by atoms with E-state index in [0.717, 1.165) is 63.5 Å². The molecule has 2 heterocycles. The number of hydrogen-bond donors (Lipinski definition) is 2. The van der Waals surface area contributed by atoms with Crippen molar-refractivity contribution in [2.75, 3.05) is 44.2 Å². The van der Waals surface area contributed by atoms with Gasteiger partial charge in [0, 0.05) is 38.9 Å². The van der Waals surface area contributed by atoms with Crippen LogP contribution in [0, 0.1) is 0 Å². The van der Waals surface area contributed by atoms with E-state index < -0.39 is 0 Å². The maximum absolute atomic E-state index is 5.84. The van der Waals surface area contributed by atoms with Crippen LogP contribution in [0.15, 0.2) is 23.3 Å². The summed E-state index contributed by atoms with van der Waals surface area (Å²) in [5.74, 6) is 1.57. The number of halogens is 1. The molecule has 7 heteroatoms. The normalized spacial score (nSPS) is 15.9. The van der Waals surface area contributed by atoms with Crippen molar-refractivity contribution in [2.45, 2.75) is 33.2 Å². The molecule has 2 rings (SSSR count). The van der Waals surface area contributed by atoms with E-state index in [1.807, 2.05) is 6.20 Å². The fourth-order valence-corrected chi connectivity index (χ4v) is 2.62. The van der Waals surface area contributed by atoms with E-state index in [0.29, 0.717) is 12.5 Å². The fourth-order valence-electron chi connectivity index (χ4n) is 2.62. The van der Waals surface area contributed by atoms with Crippen LogP contribution >= 0.6 is 24.0 Å². The van der Waals surface area contributed by atoms with Crippen LogP contribution < -0.4 is 16.0 Å². The zero-order valence-electron chi connectivity index (χ0n) is 14.9. The first-order valence-corrected chi connectivity index (χ1v) is 8.69. The van der Waals surface area contributed by atoms with Crippen LogP contribution in [-0.4, -0.2) is 55.1 Å².